The second kappa shape index (κ2) is 7.83. The van der Waals surface area contributed by atoms with Gasteiger partial charge in [0, 0.05) is 10.2 Å². The van der Waals surface area contributed by atoms with Crippen LogP contribution in [0.25, 0.3) is 0 Å². The highest BCUT2D eigenvalue weighted by atomic mass is 79.9. The molecule has 2 aromatic carbocycles. The molecular weight excluding hydrogens is 386 g/mol. The summed E-state index contributed by atoms with van der Waals surface area (Å²) in [5.74, 6) is 0.618. The number of halogens is 1. The third-order valence-electron chi connectivity index (χ3n) is 3.87. The van der Waals surface area contributed by atoms with Crippen molar-refractivity contribution in [3.8, 4) is 5.75 Å². The number of benzene rings is 2. The van der Waals surface area contributed by atoms with Crippen molar-refractivity contribution in [1.82, 2.24) is 16.4 Å². The minimum atomic E-state index is -0.504. The van der Waals surface area contributed by atoms with Crippen LogP contribution in [0.1, 0.15) is 5.56 Å². The van der Waals surface area contributed by atoms with E-state index in [4.69, 9.17) is 4.74 Å². The minimum Gasteiger partial charge on any atom is -0.497 e. The Bertz CT molecular complexity index is 753. The first-order valence-corrected chi connectivity index (χ1v) is 8.60. The number of amides is 1. The second-order valence-electron chi connectivity index (χ2n) is 5.71. The van der Waals surface area contributed by atoms with Crippen LogP contribution in [0.3, 0.4) is 0 Å². The Morgan fingerprint density at radius 2 is 1.92 bits per heavy atom. The second-order valence-corrected chi connectivity index (χ2v) is 6.57. The molecule has 7 nitrogen and oxygen atoms in total. The fraction of sp³-hybridized carbons (Fsp3) is 0.235. The SMILES string of the molecule is COc1ccc(NC2NNNC2C(=O)Nc2ccc(C)cc2Br)cc1. The summed E-state index contributed by atoms with van der Waals surface area (Å²) in [7, 11) is 1.62. The lowest BCUT2D eigenvalue weighted by molar-refractivity contribution is -0.118. The van der Waals surface area contributed by atoms with E-state index in [1.165, 1.54) is 0 Å². The summed E-state index contributed by atoms with van der Waals surface area (Å²) in [5.41, 5.74) is 11.4. The minimum absolute atomic E-state index is 0.159. The van der Waals surface area contributed by atoms with Gasteiger partial charge in [0.1, 0.15) is 18.0 Å². The molecule has 2 unspecified atom stereocenters. The molecule has 2 atom stereocenters. The first-order valence-electron chi connectivity index (χ1n) is 7.80. The molecule has 0 saturated carbocycles. The molecule has 2 aromatic rings. The van der Waals surface area contributed by atoms with Gasteiger partial charge in [-0.1, -0.05) is 6.07 Å². The number of methoxy groups -OCH3 is 1. The highest BCUT2D eigenvalue weighted by Gasteiger charge is 2.33. The van der Waals surface area contributed by atoms with Crippen LogP contribution in [0, 0.1) is 6.92 Å². The topological polar surface area (TPSA) is 86.5 Å². The number of aryl methyl sites for hydroxylation is 1. The molecule has 0 bridgehead atoms. The lowest BCUT2D eigenvalue weighted by Gasteiger charge is -2.20. The summed E-state index contributed by atoms with van der Waals surface area (Å²) in [5, 5.41) is 6.19. The quantitative estimate of drug-likeness (QED) is 0.523. The molecule has 1 fully saturated rings. The van der Waals surface area contributed by atoms with Gasteiger partial charge >= 0.3 is 0 Å². The van der Waals surface area contributed by atoms with Crippen molar-refractivity contribution in [3.05, 3.63) is 52.5 Å². The lowest BCUT2D eigenvalue weighted by Crippen LogP contribution is -2.48. The highest BCUT2D eigenvalue weighted by Crippen LogP contribution is 2.24. The van der Waals surface area contributed by atoms with Gasteiger partial charge in [0.2, 0.25) is 5.91 Å². The summed E-state index contributed by atoms with van der Waals surface area (Å²) in [4.78, 5) is 12.6. The predicted octanol–water partition coefficient (Wildman–Crippen LogP) is 2.12. The molecule has 3 rings (SSSR count). The van der Waals surface area contributed by atoms with E-state index in [9.17, 15) is 4.79 Å². The maximum absolute atomic E-state index is 12.6. The molecule has 25 heavy (non-hydrogen) atoms. The molecule has 0 aliphatic carbocycles. The number of anilines is 2. The van der Waals surface area contributed by atoms with Crippen molar-refractivity contribution in [2.75, 3.05) is 17.7 Å². The van der Waals surface area contributed by atoms with Crippen molar-refractivity contribution in [2.24, 2.45) is 0 Å². The summed E-state index contributed by atoms with van der Waals surface area (Å²) in [6.45, 7) is 2.00. The summed E-state index contributed by atoms with van der Waals surface area (Å²) in [6, 6.07) is 12.8. The summed E-state index contributed by atoms with van der Waals surface area (Å²) >= 11 is 3.47. The molecule has 132 valence electrons. The van der Waals surface area contributed by atoms with E-state index in [0.717, 1.165) is 27.2 Å². The molecule has 1 aliphatic heterocycles. The van der Waals surface area contributed by atoms with Gasteiger partial charge < -0.3 is 15.4 Å². The van der Waals surface area contributed by atoms with E-state index in [0.29, 0.717) is 0 Å². The Kier molecular flexibility index (Phi) is 5.54. The number of hydrazine groups is 2. The van der Waals surface area contributed by atoms with Crippen molar-refractivity contribution in [2.45, 2.75) is 19.1 Å². The predicted molar refractivity (Wildman–Crippen MR) is 101 cm³/mol. The van der Waals surface area contributed by atoms with Crippen LogP contribution in [0.15, 0.2) is 46.9 Å². The van der Waals surface area contributed by atoms with Gasteiger partial charge in [0.15, 0.2) is 0 Å². The number of hydrogen-bond donors (Lipinski definition) is 5. The number of nitrogens with one attached hydrogen (secondary N) is 5. The Balaban J connectivity index is 1.66. The average Bonchev–Trinajstić information content (AvgIpc) is 3.06. The molecule has 8 heteroatoms. The number of rotatable bonds is 5. The van der Waals surface area contributed by atoms with Crippen LogP contribution in [-0.2, 0) is 4.79 Å². The van der Waals surface area contributed by atoms with Gasteiger partial charge in [-0.05, 0) is 64.8 Å². The first kappa shape index (κ1) is 17.7. The van der Waals surface area contributed by atoms with E-state index in [-0.39, 0.29) is 12.1 Å². The Labute approximate surface area is 154 Å². The van der Waals surface area contributed by atoms with Gasteiger partial charge in [0.25, 0.3) is 0 Å². The van der Waals surface area contributed by atoms with Gasteiger partial charge in [0.05, 0.1) is 12.8 Å². The first-order chi connectivity index (χ1) is 12.1. The molecule has 0 aromatic heterocycles. The Morgan fingerprint density at radius 1 is 1.16 bits per heavy atom. The third-order valence-corrected chi connectivity index (χ3v) is 4.52. The number of carbonyl (C=O) groups is 1. The molecule has 1 amide bonds. The van der Waals surface area contributed by atoms with Gasteiger partial charge in [-0.25, -0.2) is 10.9 Å². The number of ether oxygens (including phenoxy) is 1. The third kappa shape index (κ3) is 4.29. The van der Waals surface area contributed by atoms with Crippen LogP contribution in [-0.4, -0.2) is 25.2 Å². The largest absolute Gasteiger partial charge is 0.497 e. The Hall–Kier alpha value is -2.13. The van der Waals surface area contributed by atoms with E-state index in [2.05, 4.69) is 42.9 Å². The lowest BCUT2D eigenvalue weighted by atomic mass is 10.2. The van der Waals surface area contributed by atoms with Crippen molar-refractivity contribution in [1.29, 1.82) is 0 Å². The number of carbonyl (C=O) groups excluding carboxylic acids is 1. The van der Waals surface area contributed by atoms with Crippen LogP contribution in [0.2, 0.25) is 0 Å². The van der Waals surface area contributed by atoms with Gasteiger partial charge in [-0.3, -0.25) is 4.79 Å². The van der Waals surface area contributed by atoms with Crippen LogP contribution < -0.4 is 31.8 Å². The van der Waals surface area contributed by atoms with E-state index in [1.54, 1.807) is 7.11 Å². The fourth-order valence-corrected chi connectivity index (χ4v) is 3.09. The molecule has 1 saturated heterocycles. The molecule has 1 aliphatic rings. The van der Waals surface area contributed by atoms with Crippen LogP contribution in [0.4, 0.5) is 11.4 Å². The molecule has 1 heterocycles. The maximum atomic E-state index is 12.6. The maximum Gasteiger partial charge on any atom is 0.246 e. The summed E-state index contributed by atoms with van der Waals surface area (Å²) < 4.78 is 5.99. The van der Waals surface area contributed by atoms with E-state index < -0.39 is 6.04 Å². The normalized spacial score (nSPS) is 19.5. The van der Waals surface area contributed by atoms with Crippen LogP contribution >= 0.6 is 15.9 Å². The molecular formula is C17H20BrN5O2. The van der Waals surface area contributed by atoms with Gasteiger partial charge in [-0.15, -0.1) is 0 Å². The highest BCUT2D eigenvalue weighted by molar-refractivity contribution is 9.10. The fourth-order valence-electron chi connectivity index (χ4n) is 2.50. The van der Waals surface area contributed by atoms with Crippen molar-refractivity contribution < 1.29 is 9.53 Å². The molecule has 0 spiro atoms. The monoisotopic (exact) mass is 405 g/mol. The van der Waals surface area contributed by atoms with E-state index >= 15 is 0 Å². The van der Waals surface area contributed by atoms with E-state index in [1.807, 2.05) is 49.4 Å². The Morgan fingerprint density at radius 3 is 2.60 bits per heavy atom. The zero-order valence-electron chi connectivity index (χ0n) is 13.9. The zero-order chi connectivity index (χ0) is 17.8. The van der Waals surface area contributed by atoms with Gasteiger partial charge in [-0.2, -0.15) is 5.53 Å². The smallest absolute Gasteiger partial charge is 0.246 e. The van der Waals surface area contributed by atoms with Crippen molar-refractivity contribution in [3.63, 3.8) is 0 Å². The summed E-state index contributed by atoms with van der Waals surface area (Å²) in [6.07, 6.45) is -0.322. The zero-order valence-corrected chi connectivity index (χ0v) is 15.5. The molecule has 0 radical (unpaired) electrons. The number of hydrogen-bond acceptors (Lipinski definition) is 6. The van der Waals surface area contributed by atoms with Crippen LogP contribution in [0.5, 0.6) is 5.75 Å². The standard InChI is InChI=1S/C17H20BrN5O2/c1-10-3-8-14(13(18)9-10)20-17(24)15-16(22-23-21-15)19-11-4-6-12(25-2)7-5-11/h3-9,15-16,19,21-23H,1-2H3,(H,20,24). The average molecular weight is 406 g/mol. The molecule has 5 N–H and O–H groups in total. The van der Waals surface area contributed by atoms with Crippen molar-refractivity contribution >= 4 is 33.2 Å².